The quantitative estimate of drug-likeness (QED) is 0.849. The Kier molecular flexibility index (Phi) is 4.70. The first-order chi connectivity index (χ1) is 9.17. The number of ether oxygens (including phenoxy) is 1. The van der Waals surface area contributed by atoms with E-state index in [4.69, 9.17) is 10.5 Å². The third-order valence-corrected chi connectivity index (χ3v) is 3.47. The van der Waals surface area contributed by atoms with Gasteiger partial charge in [-0.15, -0.1) is 11.3 Å². The maximum Gasteiger partial charge on any atom is 0.158 e. The molecule has 0 saturated heterocycles. The van der Waals surface area contributed by atoms with E-state index >= 15 is 0 Å². The fourth-order valence-electron chi connectivity index (χ4n) is 1.62. The van der Waals surface area contributed by atoms with Crippen molar-refractivity contribution in [3.8, 4) is 0 Å². The largest absolute Gasteiger partial charge is 0.384 e. The van der Waals surface area contributed by atoms with E-state index in [0.717, 1.165) is 12.4 Å². The highest BCUT2D eigenvalue weighted by molar-refractivity contribution is 7.11. The first kappa shape index (κ1) is 13.8. The highest BCUT2D eigenvalue weighted by atomic mass is 32.1. The second-order valence-corrected chi connectivity index (χ2v) is 5.47. The molecule has 6 heteroatoms. The number of thiophene rings is 1. The van der Waals surface area contributed by atoms with Crippen LogP contribution < -0.4 is 11.1 Å². The molecule has 0 bridgehead atoms. The monoisotopic (exact) mass is 278 g/mol. The van der Waals surface area contributed by atoms with E-state index in [1.165, 1.54) is 9.75 Å². The van der Waals surface area contributed by atoms with E-state index in [0.29, 0.717) is 24.9 Å². The number of rotatable bonds is 6. The Bertz CT molecular complexity index is 541. The molecule has 19 heavy (non-hydrogen) atoms. The van der Waals surface area contributed by atoms with E-state index in [2.05, 4.69) is 34.3 Å². The van der Waals surface area contributed by atoms with Crippen LogP contribution >= 0.6 is 11.3 Å². The Morgan fingerprint density at radius 2 is 2.21 bits per heavy atom. The summed E-state index contributed by atoms with van der Waals surface area (Å²) in [5.74, 6) is 1.79. The summed E-state index contributed by atoms with van der Waals surface area (Å²) >= 11 is 1.77. The minimum atomic E-state index is 0.383. The maximum atomic E-state index is 5.76. The Morgan fingerprint density at radius 3 is 2.89 bits per heavy atom. The van der Waals surface area contributed by atoms with E-state index in [-0.39, 0.29) is 0 Å². The summed E-state index contributed by atoms with van der Waals surface area (Å²) in [5.41, 5.74) is 5.76. The first-order valence-corrected chi connectivity index (χ1v) is 6.99. The van der Waals surface area contributed by atoms with Crippen LogP contribution in [0.3, 0.4) is 0 Å². The predicted molar refractivity (Wildman–Crippen MR) is 78.2 cm³/mol. The number of aryl methyl sites for hydroxylation is 1. The molecular weight excluding hydrogens is 260 g/mol. The van der Waals surface area contributed by atoms with Gasteiger partial charge in [0.1, 0.15) is 18.2 Å². The van der Waals surface area contributed by atoms with Gasteiger partial charge in [-0.25, -0.2) is 9.97 Å². The van der Waals surface area contributed by atoms with Crippen molar-refractivity contribution in [3.63, 3.8) is 0 Å². The van der Waals surface area contributed by atoms with Gasteiger partial charge in [-0.05, 0) is 26.0 Å². The van der Waals surface area contributed by atoms with E-state index in [1.807, 2.05) is 6.92 Å². The zero-order valence-electron chi connectivity index (χ0n) is 11.1. The van der Waals surface area contributed by atoms with Gasteiger partial charge in [0, 0.05) is 22.4 Å². The summed E-state index contributed by atoms with van der Waals surface area (Å²) in [5, 5.41) is 3.26. The molecule has 0 spiro atoms. The molecule has 5 nitrogen and oxygen atoms in total. The van der Waals surface area contributed by atoms with Crippen LogP contribution in [0.15, 0.2) is 18.2 Å². The smallest absolute Gasteiger partial charge is 0.158 e. The van der Waals surface area contributed by atoms with E-state index < -0.39 is 0 Å². The van der Waals surface area contributed by atoms with Gasteiger partial charge in [0.25, 0.3) is 0 Å². The molecule has 2 aromatic rings. The molecule has 0 fully saturated rings. The van der Waals surface area contributed by atoms with Crippen LogP contribution in [0.5, 0.6) is 0 Å². The lowest BCUT2D eigenvalue weighted by Crippen LogP contribution is -2.07. The van der Waals surface area contributed by atoms with Crippen molar-refractivity contribution in [3.05, 3.63) is 33.8 Å². The van der Waals surface area contributed by atoms with Gasteiger partial charge >= 0.3 is 0 Å². The number of aromatic nitrogens is 2. The molecule has 2 rings (SSSR count). The van der Waals surface area contributed by atoms with Crippen molar-refractivity contribution in [1.82, 2.24) is 9.97 Å². The highest BCUT2D eigenvalue weighted by Crippen LogP contribution is 2.17. The molecule has 102 valence electrons. The molecule has 0 atom stereocenters. The lowest BCUT2D eigenvalue weighted by atomic mass is 10.4. The molecule has 0 radical (unpaired) electrons. The summed E-state index contributed by atoms with van der Waals surface area (Å²) in [6.07, 6.45) is 0. The number of nitrogens with zero attached hydrogens (tertiary/aromatic N) is 2. The van der Waals surface area contributed by atoms with Crippen molar-refractivity contribution in [2.45, 2.75) is 27.0 Å². The molecule has 0 aliphatic carbocycles. The van der Waals surface area contributed by atoms with Crippen molar-refractivity contribution in [1.29, 1.82) is 0 Å². The maximum absolute atomic E-state index is 5.76. The van der Waals surface area contributed by atoms with E-state index in [1.54, 1.807) is 17.4 Å². The van der Waals surface area contributed by atoms with Crippen LogP contribution in [-0.2, 0) is 17.9 Å². The van der Waals surface area contributed by atoms with Gasteiger partial charge in [-0.2, -0.15) is 0 Å². The number of nitrogen functional groups attached to an aromatic ring is 1. The van der Waals surface area contributed by atoms with Crippen LogP contribution in [0.1, 0.15) is 22.5 Å². The molecule has 0 aromatic carbocycles. The van der Waals surface area contributed by atoms with Crippen LogP contribution in [0.4, 0.5) is 11.6 Å². The standard InChI is InChI=1S/C13H18N4OS/c1-3-18-8-13-16-11(14)6-12(17-13)15-7-10-5-4-9(2)19-10/h4-6H,3,7-8H2,1-2H3,(H3,14,15,16,17). The predicted octanol–water partition coefficient (Wildman–Crippen LogP) is 2.58. The Morgan fingerprint density at radius 1 is 1.37 bits per heavy atom. The number of hydrogen-bond donors (Lipinski definition) is 2. The Hall–Kier alpha value is -1.66. The molecule has 0 aliphatic rings. The topological polar surface area (TPSA) is 73.1 Å². The zero-order valence-corrected chi connectivity index (χ0v) is 12.0. The van der Waals surface area contributed by atoms with Crippen LogP contribution in [0, 0.1) is 6.92 Å². The summed E-state index contributed by atoms with van der Waals surface area (Å²) in [6.45, 7) is 5.79. The summed E-state index contributed by atoms with van der Waals surface area (Å²) < 4.78 is 5.29. The highest BCUT2D eigenvalue weighted by Gasteiger charge is 2.03. The number of hydrogen-bond acceptors (Lipinski definition) is 6. The SMILES string of the molecule is CCOCc1nc(N)cc(NCc2ccc(C)s2)n1. The second kappa shape index (κ2) is 6.49. The van der Waals surface area contributed by atoms with Gasteiger partial charge in [-0.3, -0.25) is 0 Å². The zero-order chi connectivity index (χ0) is 13.7. The molecule has 2 aromatic heterocycles. The molecule has 0 amide bonds. The minimum absolute atomic E-state index is 0.383. The average Bonchev–Trinajstić information content (AvgIpc) is 2.79. The average molecular weight is 278 g/mol. The van der Waals surface area contributed by atoms with Gasteiger partial charge in [0.2, 0.25) is 0 Å². The molecule has 0 aliphatic heterocycles. The second-order valence-electron chi connectivity index (χ2n) is 4.10. The third kappa shape index (κ3) is 4.18. The normalized spacial score (nSPS) is 10.6. The van der Waals surface area contributed by atoms with Gasteiger partial charge < -0.3 is 15.8 Å². The van der Waals surface area contributed by atoms with Crippen molar-refractivity contribution in [2.75, 3.05) is 17.7 Å². The number of nitrogens with one attached hydrogen (secondary N) is 1. The lowest BCUT2D eigenvalue weighted by molar-refractivity contribution is 0.128. The van der Waals surface area contributed by atoms with Gasteiger partial charge in [0.15, 0.2) is 5.82 Å². The van der Waals surface area contributed by atoms with Crippen molar-refractivity contribution < 1.29 is 4.74 Å². The summed E-state index contributed by atoms with van der Waals surface area (Å²) in [6, 6.07) is 5.95. The van der Waals surface area contributed by atoms with Crippen LogP contribution in [0.2, 0.25) is 0 Å². The fraction of sp³-hybridized carbons (Fsp3) is 0.385. The van der Waals surface area contributed by atoms with Crippen LogP contribution in [-0.4, -0.2) is 16.6 Å². The Labute approximate surface area is 116 Å². The molecular formula is C13H18N4OS. The Balaban J connectivity index is 2.01. The number of anilines is 2. The summed E-state index contributed by atoms with van der Waals surface area (Å²) in [4.78, 5) is 11.1. The van der Waals surface area contributed by atoms with Gasteiger partial charge in [0.05, 0.1) is 6.54 Å². The molecule has 0 unspecified atom stereocenters. The third-order valence-electron chi connectivity index (χ3n) is 2.47. The van der Waals surface area contributed by atoms with Gasteiger partial charge in [-0.1, -0.05) is 0 Å². The van der Waals surface area contributed by atoms with Crippen LogP contribution in [0.25, 0.3) is 0 Å². The number of nitrogens with two attached hydrogens (primary N) is 1. The molecule has 0 saturated carbocycles. The minimum Gasteiger partial charge on any atom is -0.384 e. The first-order valence-electron chi connectivity index (χ1n) is 6.17. The summed E-state index contributed by atoms with van der Waals surface area (Å²) in [7, 11) is 0. The lowest BCUT2D eigenvalue weighted by Gasteiger charge is -2.07. The van der Waals surface area contributed by atoms with Crippen molar-refractivity contribution >= 4 is 23.0 Å². The molecule has 3 N–H and O–H groups in total. The molecule has 2 heterocycles. The van der Waals surface area contributed by atoms with E-state index in [9.17, 15) is 0 Å². The fourth-order valence-corrected chi connectivity index (χ4v) is 2.45. The van der Waals surface area contributed by atoms with Crippen molar-refractivity contribution in [2.24, 2.45) is 0 Å².